The summed E-state index contributed by atoms with van der Waals surface area (Å²) in [6.45, 7) is 4.33. The summed E-state index contributed by atoms with van der Waals surface area (Å²) in [7, 11) is 0. The Labute approximate surface area is 97.1 Å². The molecule has 2 nitrogen and oxygen atoms in total. The van der Waals surface area contributed by atoms with Crippen LogP contribution in [-0.2, 0) is 0 Å². The van der Waals surface area contributed by atoms with Gasteiger partial charge in [-0.15, -0.1) is 12.4 Å². The van der Waals surface area contributed by atoms with Crippen molar-refractivity contribution in [2.24, 2.45) is 5.92 Å². The normalized spacial score (nSPS) is 24.9. The molecule has 0 saturated carbocycles. The molecule has 0 spiro atoms. The Balaban J connectivity index is 0.00000112. The Morgan fingerprint density at radius 1 is 1.40 bits per heavy atom. The van der Waals surface area contributed by atoms with E-state index in [-0.39, 0.29) is 19.0 Å². The highest BCUT2D eigenvalue weighted by Crippen LogP contribution is 2.27. The molecule has 1 aromatic rings. The molecular weight excluding hydrogens is 210 g/mol. The van der Waals surface area contributed by atoms with E-state index in [1.807, 2.05) is 0 Å². The first-order valence-corrected chi connectivity index (χ1v) is 5.19. The van der Waals surface area contributed by atoms with Crippen LogP contribution in [0.5, 0.6) is 0 Å². The van der Waals surface area contributed by atoms with Crippen molar-refractivity contribution in [3.63, 3.8) is 0 Å². The molecule has 0 bridgehead atoms. The summed E-state index contributed by atoms with van der Waals surface area (Å²) < 4.78 is 0. The summed E-state index contributed by atoms with van der Waals surface area (Å²) in [4.78, 5) is 0. The molecule has 2 atom stereocenters. The molecule has 0 radical (unpaired) electrons. The highest BCUT2D eigenvalue weighted by molar-refractivity contribution is 5.85. The van der Waals surface area contributed by atoms with Gasteiger partial charge in [-0.3, -0.25) is 0 Å². The first-order valence-electron chi connectivity index (χ1n) is 5.19. The SMILES string of the molecule is Cc1cccc([C@@H]2CNC[C@H]2CO)c1.Cl. The first-order chi connectivity index (χ1) is 6.81. The van der Waals surface area contributed by atoms with Crippen LogP contribution < -0.4 is 5.32 Å². The zero-order chi connectivity index (χ0) is 9.97. The molecule has 1 aromatic carbocycles. The fraction of sp³-hybridized carbons (Fsp3) is 0.500. The van der Waals surface area contributed by atoms with Gasteiger partial charge in [0.2, 0.25) is 0 Å². The van der Waals surface area contributed by atoms with E-state index in [1.54, 1.807) is 0 Å². The van der Waals surface area contributed by atoms with Gasteiger partial charge in [-0.05, 0) is 12.5 Å². The van der Waals surface area contributed by atoms with Crippen molar-refractivity contribution >= 4 is 12.4 Å². The third-order valence-electron chi connectivity index (χ3n) is 3.04. The van der Waals surface area contributed by atoms with Gasteiger partial charge in [0, 0.05) is 31.5 Å². The van der Waals surface area contributed by atoms with Gasteiger partial charge in [0.15, 0.2) is 0 Å². The Morgan fingerprint density at radius 2 is 2.20 bits per heavy atom. The molecule has 0 aromatic heterocycles. The molecule has 1 fully saturated rings. The zero-order valence-corrected chi connectivity index (χ0v) is 9.76. The van der Waals surface area contributed by atoms with E-state index in [9.17, 15) is 5.11 Å². The number of aliphatic hydroxyl groups excluding tert-OH is 1. The first kappa shape index (κ1) is 12.5. The van der Waals surface area contributed by atoms with Crippen LogP contribution >= 0.6 is 12.4 Å². The average molecular weight is 228 g/mol. The van der Waals surface area contributed by atoms with Crippen molar-refractivity contribution in [3.8, 4) is 0 Å². The second-order valence-corrected chi connectivity index (χ2v) is 4.12. The van der Waals surface area contributed by atoms with Gasteiger partial charge in [-0.2, -0.15) is 0 Å². The van der Waals surface area contributed by atoms with Crippen molar-refractivity contribution in [2.75, 3.05) is 19.7 Å². The highest BCUT2D eigenvalue weighted by atomic mass is 35.5. The number of rotatable bonds is 2. The lowest BCUT2D eigenvalue weighted by Crippen LogP contribution is -2.14. The molecule has 0 unspecified atom stereocenters. The Kier molecular flexibility index (Phi) is 4.58. The molecule has 3 heteroatoms. The topological polar surface area (TPSA) is 32.3 Å². The maximum absolute atomic E-state index is 9.23. The fourth-order valence-electron chi connectivity index (χ4n) is 2.22. The fourth-order valence-corrected chi connectivity index (χ4v) is 2.22. The number of hydrogen-bond acceptors (Lipinski definition) is 2. The second kappa shape index (κ2) is 5.50. The molecular formula is C12H18ClNO. The minimum atomic E-state index is 0. The van der Waals surface area contributed by atoms with Crippen LogP contribution in [0.25, 0.3) is 0 Å². The maximum Gasteiger partial charge on any atom is 0.0477 e. The third kappa shape index (κ3) is 2.71. The minimum Gasteiger partial charge on any atom is -0.396 e. The lowest BCUT2D eigenvalue weighted by Gasteiger charge is -2.16. The number of aryl methyl sites for hydroxylation is 1. The van der Waals surface area contributed by atoms with E-state index in [0.717, 1.165) is 13.1 Å². The van der Waals surface area contributed by atoms with Crippen molar-refractivity contribution in [1.82, 2.24) is 5.32 Å². The largest absolute Gasteiger partial charge is 0.396 e. The Morgan fingerprint density at radius 3 is 2.87 bits per heavy atom. The van der Waals surface area contributed by atoms with E-state index < -0.39 is 0 Å². The molecule has 15 heavy (non-hydrogen) atoms. The predicted octanol–water partition coefficient (Wildman–Crippen LogP) is 1.71. The number of hydrogen-bond donors (Lipinski definition) is 2. The van der Waals surface area contributed by atoms with E-state index in [0.29, 0.717) is 11.8 Å². The number of aliphatic hydroxyl groups is 1. The van der Waals surface area contributed by atoms with Crippen LogP contribution in [0.3, 0.4) is 0 Å². The minimum absolute atomic E-state index is 0. The standard InChI is InChI=1S/C12H17NO.ClH/c1-9-3-2-4-10(5-9)12-7-13-6-11(12)8-14;/h2-5,11-14H,6-8H2,1H3;1H/t11-,12-;/m0./s1. The molecule has 1 aliphatic rings. The number of benzene rings is 1. The van der Waals surface area contributed by atoms with E-state index >= 15 is 0 Å². The molecule has 0 aliphatic carbocycles. The van der Waals surface area contributed by atoms with Gasteiger partial charge in [0.1, 0.15) is 0 Å². The van der Waals surface area contributed by atoms with Crippen molar-refractivity contribution in [3.05, 3.63) is 35.4 Å². The number of nitrogens with one attached hydrogen (secondary N) is 1. The summed E-state index contributed by atoms with van der Waals surface area (Å²) in [5, 5.41) is 12.6. The van der Waals surface area contributed by atoms with Crippen molar-refractivity contribution in [1.29, 1.82) is 0 Å². The van der Waals surface area contributed by atoms with E-state index in [1.165, 1.54) is 11.1 Å². The Bertz CT molecular complexity index is 316. The summed E-state index contributed by atoms with van der Waals surface area (Å²) in [5.74, 6) is 0.872. The summed E-state index contributed by atoms with van der Waals surface area (Å²) in [6.07, 6.45) is 0. The van der Waals surface area contributed by atoms with Crippen LogP contribution in [0.15, 0.2) is 24.3 Å². The summed E-state index contributed by atoms with van der Waals surface area (Å²) in [5.41, 5.74) is 2.65. The van der Waals surface area contributed by atoms with Crippen molar-refractivity contribution < 1.29 is 5.11 Å². The monoisotopic (exact) mass is 227 g/mol. The zero-order valence-electron chi connectivity index (χ0n) is 8.94. The molecule has 2 N–H and O–H groups in total. The van der Waals surface area contributed by atoms with E-state index in [2.05, 4.69) is 36.5 Å². The molecule has 1 saturated heterocycles. The Hall–Kier alpha value is -0.570. The predicted molar refractivity (Wildman–Crippen MR) is 64.6 cm³/mol. The highest BCUT2D eigenvalue weighted by Gasteiger charge is 2.27. The third-order valence-corrected chi connectivity index (χ3v) is 3.04. The van der Waals surface area contributed by atoms with Crippen LogP contribution in [0.4, 0.5) is 0 Å². The summed E-state index contributed by atoms with van der Waals surface area (Å²) in [6, 6.07) is 8.59. The summed E-state index contributed by atoms with van der Waals surface area (Å²) >= 11 is 0. The molecule has 1 heterocycles. The molecule has 2 rings (SSSR count). The van der Waals surface area contributed by atoms with Crippen molar-refractivity contribution in [2.45, 2.75) is 12.8 Å². The lowest BCUT2D eigenvalue weighted by molar-refractivity contribution is 0.226. The van der Waals surface area contributed by atoms with Gasteiger partial charge >= 0.3 is 0 Å². The second-order valence-electron chi connectivity index (χ2n) is 4.12. The molecule has 84 valence electrons. The van der Waals surface area contributed by atoms with Crippen LogP contribution in [-0.4, -0.2) is 24.8 Å². The molecule has 1 aliphatic heterocycles. The van der Waals surface area contributed by atoms with E-state index in [4.69, 9.17) is 0 Å². The van der Waals surface area contributed by atoms with Crippen LogP contribution in [0, 0.1) is 12.8 Å². The van der Waals surface area contributed by atoms with Gasteiger partial charge in [0.05, 0.1) is 0 Å². The van der Waals surface area contributed by atoms with Crippen LogP contribution in [0.1, 0.15) is 17.0 Å². The maximum atomic E-state index is 9.23. The molecule has 0 amide bonds. The smallest absolute Gasteiger partial charge is 0.0477 e. The number of halogens is 1. The quantitative estimate of drug-likeness (QED) is 0.807. The average Bonchev–Trinajstić information content (AvgIpc) is 2.65. The van der Waals surface area contributed by atoms with Crippen LogP contribution in [0.2, 0.25) is 0 Å². The van der Waals surface area contributed by atoms with Gasteiger partial charge in [-0.25, -0.2) is 0 Å². The lowest BCUT2D eigenvalue weighted by atomic mass is 9.89. The van der Waals surface area contributed by atoms with Gasteiger partial charge < -0.3 is 10.4 Å². The van der Waals surface area contributed by atoms with Gasteiger partial charge in [-0.1, -0.05) is 29.8 Å². The van der Waals surface area contributed by atoms with Gasteiger partial charge in [0.25, 0.3) is 0 Å².